The minimum atomic E-state index is -0.310. The highest BCUT2D eigenvalue weighted by atomic mass is 35.5. The summed E-state index contributed by atoms with van der Waals surface area (Å²) in [7, 11) is 0. The minimum absolute atomic E-state index is 0. The van der Waals surface area contributed by atoms with Crippen LogP contribution in [-0.2, 0) is 11.2 Å². The molecule has 2 atom stereocenters. The second kappa shape index (κ2) is 14.0. The summed E-state index contributed by atoms with van der Waals surface area (Å²) in [5.74, 6) is 0.806. The van der Waals surface area contributed by atoms with Crippen LogP contribution >= 0.6 is 23.2 Å². The van der Waals surface area contributed by atoms with E-state index in [-0.39, 0.29) is 31.8 Å². The fourth-order valence-corrected chi connectivity index (χ4v) is 4.28. The molecule has 188 valence electrons. The smallest absolute Gasteiger partial charge is 0.225 e. The largest absolute Gasteiger partial charge is 0.490 e. The molecule has 0 aliphatic carbocycles. The number of hydrogen-bond donors (Lipinski definition) is 2. The van der Waals surface area contributed by atoms with Crippen LogP contribution in [-0.4, -0.2) is 25.7 Å². The quantitative estimate of drug-likeness (QED) is 0.289. The van der Waals surface area contributed by atoms with Gasteiger partial charge in [-0.05, 0) is 61.2 Å². The van der Waals surface area contributed by atoms with E-state index in [2.05, 4.69) is 5.32 Å². The predicted molar refractivity (Wildman–Crippen MR) is 145 cm³/mol. The van der Waals surface area contributed by atoms with Crippen molar-refractivity contribution in [3.63, 3.8) is 0 Å². The maximum atomic E-state index is 12.7. The molecule has 1 amide bonds. The standard InChI is InChI=1S/C27H30Cl2N2O3.CH4/c1-18-14-24(28)26(25(29)15-18)34-13-12-33-23-10-8-20(9-11-23)16-22(17-30)27(32)31-19(2)21-6-4-3-5-7-21;/h3-11,14-15,19,22H,12-13,16-17,30H2,1-2H3,(H,31,32);1H4. The van der Waals surface area contributed by atoms with E-state index in [1.54, 1.807) is 12.1 Å². The third kappa shape index (κ3) is 8.46. The van der Waals surface area contributed by atoms with Crippen molar-refractivity contribution < 1.29 is 14.3 Å². The molecule has 35 heavy (non-hydrogen) atoms. The molecular formula is C28H34Cl2N2O3. The lowest BCUT2D eigenvalue weighted by molar-refractivity contribution is -0.125. The summed E-state index contributed by atoms with van der Waals surface area (Å²) in [4.78, 5) is 12.7. The van der Waals surface area contributed by atoms with E-state index in [9.17, 15) is 4.79 Å². The molecule has 0 fully saturated rings. The van der Waals surface area contributed by atoms with Gasteiger partial charge in [0.2, 0.25) is 5.91 Å². The van der Waals surface area contributed by atoms with Gasteiger partial charge in [-0.25, -0.2) is 0 Å². The van der Waals surface area contributed by atoms with E-state index < -0.39 is 0 Å². The average molecular weight is 517 g/mol. The van der Waals surface area contributed by atoms with Crippen LogP contribution < -0.4 is 20.5 Å². The molecule has 3 rings (SSSR count). The molecule has 0 saturated carbocycles. The number of carbonyl (C=O) groups excluding carboxylic acids is 1. The zero-order chi connectivity index (χ0) is 24.5. The average Bonchev–Trinajstić information content (AvgIpc) is 2.82. The van der Waals surface area contributed by atoms with Gasteiger partial charge in [0.25, 0.3) is 0 Å². The minimum Gasteiger partial charge on any atom is -0.490 e. The number of amides is 1. The van der Waals surface area contributed by atoms with Crippen LogP contribution in [0.1, 0.15) is 37.1 Å². The predicted octanol–water partition coefficient (Wildman–Crippen LogP) is 6.39. The summed E-state index contributed by atoms with van der Waals surface area (Å²) in [5.41, 5.74) is 8.95. The first-order valence-electron chi connectivity index (χ1n) is 11.2. The molecule has 2 unspecified atom stereocenters. The summed E-state index contributed by atoms with van der Waals surface area (Å²) in [6.45, 7) is 4.80. The Morgan fingerprint density at radius 1 is 0.971 bits per heavy atom. The van der Waals surface area contributed by atoms with Crippen molar-refractivity contribution in [2.24, 2.45) is 11.7 Å². The van der Waals surface area contributed by atoms with Crippen LogP contribution in [0, 0.1) is 12.8 Å². The Balaban J connectivity index is 0.00000432. The molecule has 0 aliphatic heterocycles. The number of rotatable bonds is 11. The van der Waals surface area contributed by atoms with Crippen LogP contribution in [0.25, 0.3) is 0 Å². The Kier molecular flexibility index (Phi) is 11.4. The van der Waals surface area contributed by atoms with Crippen LogP contribution in [0.3, 0.4) is 0 Å². The van der Waals surface area contributed by atoms with E-state index in [1.165, 1.54) is 0 Å². The summed E-state index contributed by atoms with van der Waals surface area (Å²) < 4.78 is 11.4. The Bertz CT molecular complexity index is 1050. The molecule has 0 spiro atoms. The normalized spacial score (nSPS) is 12.3. The molecule has 0 radical (unpaired) electrons. The SMILES string of the molecule is C.Cc1cc(Cl)c(OCCOc2ccc(CC(CN)C(=O)NC(C)c3ccccc3)cc2)c(Cl)c1. The Morgan fingerprint density at radius 3 is 2.17 bits per heavy atom. The monoisotopic (exact) mass is 516 g/mol. The van der Waals surface area contributed by atoms with Gasteiger partial charge in [-0.2, -0.15) is 0 Å². The van der Waals surface area contributed by atoms with Gasteiger partial charge in [0.1, 0.15) is 19.0 Å². The number of halogens is 2. The maximum absolute atomic E-state index is 12.7. The topological polar surface area (TPSA) is 73.6 Å². The van der Waals surface area contributed by atoms with Crippen molar-refractivity contribution in [3.05, 3.63) is 93.5 Å². The molecule has 0 aliphatic rings. The lowest BCUT2D eigenvalue weighted by atomic mass is 9.97. The van der Waals surface area contributed by atoms with E-state index in [4.69, 9.17) is 38.4 Å². The maximum Gasteiger partial charge on any atom is 0.225 e. The van der Waals surface area contributed by atoms with Crippen LogP contribution in [0.15, 0.2) is 66.7 Å². The molecular weight excluding hydrogens is 483 g/mol. The molecule has 0 saturated heterocycles. The number of benzene rings is 3. The van der Waals surface area contributed by atoms with Gasteiger partial charge in [0.05, 0.1) is 22.0 Å². The fourth-order valence-electron chi connectivity index (χ4n) is 3.57. The lowest BCUT2D eigenvalue weighted by Gasteiger charge is -2.20. The molecule has 0 bridgehead atoms. The van der Waals surface area contributed by atoms with Gasteiger partial charge in [0.15, 0.2) is 5.75 Å². The number of carbonyl (C=O) groups is 1. The fraction of sp³-hybridized carbons (Fsp3) is 0.321. The van der Waals surface area contributed by atoms with Crippen LogP contribution in [0.2, 0.25) is 10.0 Å². The van der Waals surface area contributed by atoms with Gasteiger partial charge >= 0.3 is 0 Å². The summed E-state index contributed by atoms with van der Waals surface area (Å²) in [6, 6.07) is 21.0. The van der Waals surface area contributed by atoms with E-state index in [1.807, 2.05) is 68.4 Å². The number of ether oxygens (including phenoxy) is 2. The zero-order valence-electron chi connectivity index (χ0n) is 19.4. The Labute approximate surface area is 218 Å². The zero-order valence-corrected chi connectivity index (χ0v) is 20.9. The molecule has 5 nitrogen and oxygen atoms in total. The van der Waals surface area contributed by atoms with Crippen molar-refractivity contribution in [3.8, 4) is 11.5 Å². The Hall–Kier alpha value is -2.73. The van der Waals surface area contributed by atoms with Gasteiger partial charge in [-0.3, -0.25) is 4.79 Å². The molecule has 3 aromatic rings. The number of hydrogen-bond acceptors (Lipinski definition) is 4. The van der Waals surface area contributed by atoms with Crippen molar-refractivity contribution in [2.45, 2.75) is 33.7 Å². The van der Waals surface area contributed by atoms with Crippen molar-refractivity contribution in [2.75, 3.05) is 19.8 Å². The first-order valence-corrected chi connectivity index (χ1v) is 12.0. The third-order valence-electron chi connectivity index (χ3n) is 5.46. The van der Waals surface area contributed by atoms with E-state index >= 15 is 0 Å². The highest BCUT2D eigenvalue weighted by Crippen LogP contribution is 2.34. The van der Waals surface area contributed by atoms with Gasteiger partial charge < -0.3 is 20.5 Å². The summed E-state index contributed by atoms with van der Waals surface area (Å²) >= 11 is 12.4. The molecule has 0 aromatic heterocycles. The van der Waals surface area contributed by atoms with Crippen molar-refractivity contribution in [1.29, 1.82) is 0 Å². The van der Waals surface area contributed by atoms with Crippen molar-refractivity contribution in [1.82, 2.24) is 5.32 Å². The van der Waals surface area contributed by atoms with Crippen molar-refractivity contribution >= 4 is 29.1 Å². The molecule has 0 heterocycles. The highest BCUT2D eigenvalue weighted by molar-refractivity contribution is 6.37. The van der Waals surface area contributed by atoms with Gasteiger partial charge in [-0.15, -0.1) is 0 Å². The third-order valence-corrected chi connectivity index (χ3v) is 6.02. The first-order chi connectivity index (χ1) is 16.4. The number of nitrogens with two attached hydrogens (primary N) is 1. The van der Waals surface area contributed by atoms with Gasteiger partial charge in [0, 0.05) is 6.54 Å². The van der Waals surface area contributed by atoms with Crippen LogP contribution in [0.5, 0.6) is 11.5 Å². The first kappa shape index (κ1) is 28.5. The number of aryl methyl sites for hydroxylation is 1. The molecule has 7 heteroatoms. The summed E-state index contributed by atoms with van der Waals surface area (Å²) in [6.07, 6.45) is 0.553. The Morgan fingerprint density at radius 2 is 1.57 bits per heavy atom. The second-order valence-electron chi connectivity index (χ2n) is 8.18. The van der Waals surface area contributed by atoms with Gasteiger partial charge in [-0.1, -0.05) is 73.1 Å². The van der Waals surface area contributed by atoms with E-state index in [0.717, 1.165) is 16.7 Å². The highest BCUT2D eigenvalue weighted by Gasteiger charge is 2.19. The molecule has 3 N–H and O–H groups in total. The molecule has 3 aromatic carbocycles. The lowest BCUT2D eigenvalue weighted by Crippen LogP contribution is -2.37. The second-order valence-corrected chi connectivity index (χ2v) is 8.99. The number of nitrogens with one attached hydrogen (secondary N) is 1. The summed E-state index contributed by atoms with van der Waals surface area (Å²) in [5, 5.41) is 4.02. The van der Waals surface area contributed by atoms with E-state index in [0.29, 0.717) is 41.2 Å². The van der Waals surface area contributed by atoms with Crippen LogP contribution in [0.4, 0.5) is 0 Å².